The number of carbonyl (C=O) groups excluding carboxylic acids is 2. The van der Waals surface area contributed by atoms with Crippen LogP contribution in [0, 0.1) is 0 Å². The Hall–Kier alpha value is -1.62. The molecule has 0 bridgehead atoms. The number of aromatic nitrogens is 1. The first-order valence-electron chi connectivity index (χ1n) is 5.06. The van der Waals surface area contributed by atoms with E-state index in [1.54, 1.807) is 13.0 Å². The Kier molecular flexibility index (Phi) is 4.90. The first-order chi connectivity index (χ1) is 8.08. The Morgan fingerprint density at radius 1 is 1.53 bits per heavy atom. The maximum atomic E-state index is 12.0. The third-order valence-corrected chi connectivity index (χ3v) is 2.39. The number of esters is 1. The molecule has 1 rings (SSSR count). The number of hydrogen-bond acceptors (Lipinski definition) is 4. The van der Waals surface area contributed by atoms with Gasteiger partial charge in [-0.05, 0) is 19.1 Å². The van der Waals surface area contributed by atoms with Gasteiger partial charge in [0.1, 0.15) is 12.2 Å². The van der Waals surface area contributed by atoms with Gasteiger partial charge >= 0.3 is 5.97 Å². The highest BCUT2D eigenvalue weighted by Gasteiger charge is 2.18. The highest BCUT2D eigenvalue weighted by molar-refractivity contribution is 6.30. The van der Waals surface area contributed by atoms with Gasteiger partial charge in [0.05, 0.1) is 7.11 Å². The van der Waals surface area contributed by atoms with Crippen molar-refractivity contribution in [1.29, 1.82) is 0 Å². The molecule has 1 aromatic rings. The van der Waals surface area contributed by atoms with Crippen molar-refractivity contribution in [2.75, 3.05) is 20.2 Å². The Morgan fingerprint density at radius 3 is 2.76 bits per heavy atom. The van der Waals surface area contributed by atoms with Crippen LogP contribution in [0.3, 0.4) is 0 Å². The van der Waals surface area contributed by atoms with Crippen LogP contribution in [0.1, 0.15) is 17.4 Å². The number of halogens is 1. The molecule has 0 aliphatic heterocycles. The average molecular weight is 257 g/mol. The fourth-order valence-electron chi connectivity index (χ4n) is 1.23. The molecule has 0 saturated heterocycles. The summed E-state index contributed by atoms with van der Waals surface area (Å²) in [5, 5.41) is 0.428. The summed E-state index contributed by atoms with van der Waals surface area (Å²) in [4.78, 5) is 28.3. The molecule has 1 aromatic heterocycles. The summed E-state index contributed by atoms with van der Waals surface area (Å²) in [5.74, 6) is -0.817. The molecular weight excluding hydrogens is 244 g/mol. The zero-order valence-electron chi connectivity index (χ0n) is 9.64. The number of nitrogens with zero attached hydrogens (tertiary/aromatic N) is 2. The van der Waals surface area contributed by atoms with E-state index in [-0.39, 0.29) is 18.1 Å². The Labute approximate surface area is 104 Å². The molecule has 17 heavy (non-hydrogen) atoms. The zero-order valence-corrected chi connectivity index (χ0v) is 10.4. The van der Waals surface area contributed by atoms with Crippen LogP contribution in [0.25, 0.3) is 0 Å². The lowest BCUT2D eigenvalue weighted by Crippen LogP contribution is -2.36. The van der Waals surface area contributed by atoms with Crippen LogP contribution in [0.2, 0.25) is 5.02 Å². The van der Waals surface area contributed by atoms with Crippen molar-refractivity contribution in [2.45, 2.75) is 6.92 Å². The molecule has 0 aliphatic carbocycles. The Balaban J connectivity index is 2.82. The number of hydrogen-bond donors (Lipinski definition) is 0. The quantitative estimate of drug-likeness (QED) is 0.764. The monoisotopic (exact) mass is 256 g/mol. The molecular formula is C11H13ClN2O3. The molecule has 92 valence electrons. The van der Waals surface area contributed by atoms with Crippen LogP contribution in [0.15, 0.2) is 18.3 Å². The van der Waals surface area contributed by atoms with Crippen LogP contribution < -0.4 is 0 Å². The van der Waals surface area contributed by atoms with Crippen LogP contribution in [0.4, 0.5) is 0 Å². The molecule has 1 heterocycles. The predicted molar refractivity (Wildman–Crippen MR) is 62.8 cm³/mol. The van der Waals surface area contributed by atoms with Crippen molar-refractivity contribution in [3.63, 3.8) is 0 Å². The maximum Gasteiger partial charge on any atom is 0.325 e. The number of likely N-dealkylation sites (N-methyl/N-ethyl adjacent to an activating group) is 1. The van der Waals surface area contributed by atoms with E-state index in [0.29, 0.717) is 11.6 Å². The molecule has 0 N–H and O–H groups in total. The molecule has 1 amide bonds. The van der Waals surface area contributed by atoms with E-state index in [4.69, 9.17) is 11.6 Å². The van der Waals surface area contributed by atoms with Crippen LogP contribution >= 0.6 is 11.6 Å². The topological polar surface area (TPSA) is 59.5 Å². The molecule has 0 unspecified atom stereocenters. The van der Waals surface area contributed by atoms with Crippen molar-refractivity contribution >= 4 is 23.5 Å². The average Bonchev–Trinajstić information content (AvgIpc) is 2.34. The van der Waals surface area contributed by atoms with Gasteiger partial charge in [-0.1, -0.05) is 11.6 Å². The largest absolute Gasteiger partial charge is 0.468 e. The SMILES string of the molecule is CCN(CC(=O)OC)C(=O)c1cc(Cl)ccn1. The van der Waals surface area contributed by atoms with Gasteiger partial charge in [-0.25, -0.2) is 0 Å². The molecule has 6 heteroatoms. The first kappa shape index (κ1) is 13.4. The van der Waals surface area contributed by atoms with Crippen LogP contribution in [-0.2, 0) is 9.53 Å². The van der Waals surface area contributed by atoms with E-state index in [2.05, 4.69) is 9.72 Å². The summed E-state index contributed by atoms with van der Waals surface area (Å²) >= 11 is 5.77. The fourth-order valence-corrected chi connectivity index (χ4v) is 1.39. The van der Waals surface area contributed by atoms with Crippen molar-refractivity contribution in [1.82, 2.24) is 9.88 Å². The Bertz CT molecular complexity index is 423. The van der Waals surface area contributed by atoms with E-state index in [1.807, 2.05) is 0 Å². The molecule has 0 aliphatic rings. The number of amides is 1. The van der Waals surface area contributed by atoms with Crippen molar-refractivity contribution < 1.29 is 14.3 Å². The van der Waals surface area contributed by atoms with Gasteiger partial charge in [0, 0.05) is 17.8 Å². The molecule has 0 radical (unpaired) electrons. The van der Waals surface area contributed by atoms with Gasteiger partial charge in [0.25, 0.3) is 5.91 Å². The summed E-state index contributed by atoms with van der Waals surface area (Å²) < 4.78 is 4.51. The smallest absolute Gasteiger partial charge is 0.325 e. The van der Waals surface area contributed by atoms with E-state index < -0.39 is 5.97 Å². The molecule has 0 fully saturated rings. The summed E-state index contributed by atoms with van der Waals surface area (Å²) in [6.45, 7) is 2.06. The van der Waals surface area contributed by atoms with Gasteiger partial charge in [-0.15, -0.1) is 0 Å². The van der Waals surface area contributed by atoms with Gasteiger partial charge in [-0.3, -0.25) is 14.6 Å². The number of pyridine rings is 1. The first-order valence-corrected chi connectivity index (χ1v) is 5.44. The van der Waals surface area contributed by atoms with Crippen LogP contribution in [-0.4, -0.2) is 42.0 Å². The maximum absolute atomic E-state index is 12.0. The van der Waals surface area contributed by atoms with Crippen molar-refractivity contribution in [3.8, 4) is 0 Å². The highest BCUT2D eigenvalue weighted by atomic mass is 35.5. The summed E-state index contributed by atoms with van der Waals surface area (Å²) in [6, 6.07) is 3.04. The zero-order chi connectivity index (χ0) is 12.8. The normalized spacial score (nSPS) is 9.82. The Morgan fingerprint density at radius 2 is 2.24 bits per heavy atom. The number of ether oxygens (including phenoxy) is 1. The standard InChI is InChI=1S/C11H13ClN2O3/c1-3-14(7-10(15)17-2)11(16)9-6-8(12)4-5-13-9/h4-6H,3,7H2,1-2H3. The molecule has 5 nitrogen and oxygen atoms in total. The molecule has 0 atom stereocenters. The van der Waals surface area contributed by atoms with Gasteiger partial charge < -0.3 is 9.64 Å². The predicted octanol–water partition coefficient (Wildman–Crippen LogP) is 1.37. The number of methoxy groups -OCH3 is 1. The van der Waals surface area contributed by atoms with Crippen LogP contribution in [0.5, 0.6) is 0 Å². The summed E-state index contributed by atoms with van der Waals surface area (Å²) in [6.07, 6.45) is 1.45. The van der Waals surface area contributed by atoms with E-state index >= 15 is 0 Å². The van der Waals surface area contributed by atoms with E-state index in [9.17, 15) is 9.59 Å². The lowest BCUT2D eigenvalue weighted by molar-refractivity contribution is -0.141. The molecule has 0 aromatic carbocycles. The van der Waals surface area contributed by atoms with Crippen molar-refractivity contribution in [2.24, 2.45) is 0 Å². The minimum absolute atomic E-state index is 0.0972. The van der Waals surface area contributed by atoms with Gasteiger partial charge in [-0.2, -0.15) is 0 Å². The second-order valence-corrected chi connectivity index (χ2v) is 3.69. The molecule has 0 saturated carbocycles. The third kappa shape index (κ3) is 3.71. The highest BCUT2D eigenvalue weighted by Crippen LogP contribution is 2.10. The van der Waals surface area contributed by atoms with Crippen molar-refractivity contribution in [3.05, 3.63) is 29.0 Å². The summed E-state index contributed by atoms with van der Waals surface area (Å²) in [7, 11) is 1.28. The fraction of sp³-hybridized carbons (Fsp3) is 0.364. The van der Waals surface area contributed by atoms with E-state index in [0.717, 1.165) is 0 Å². The summed E-state index contributed by atoms with van der Waals surface area (Å²) in [5.41, 5.74) is 0.211. The lowest BCUT2D eigenvalue weighted by Gasteiger charge is -2.18. The lowest BCUT2D eigenvalue weighted by atomic mass is 10.3. The minimum Gasteiger partial charge on any atom is -0.468 e. The molecule has 0 spiro atoms. The number of carbonyl (C=O) groups is 2. The van der Waals surface area contributed by atoms with Gasteiger partial charge in [0.15, 0.2) is 0 Å². The van der Waals surface area contributed by atoms with E-state index in [1.165, 1.54) is 24.3 Å². The second kappa shape index (κ2) is 6.20. The van der Waals surface area contributed by atoms with Gasteiger partial charge in [0.2, 0.25) is 0 Å². The number of rotatable bonds is 4. The third-order valence-electron chi connectivity index (χ3n) is 2.16. The minimum atomic E-state index is -0.470. The second-order valence-electron chi connectivity index (χ2n) is 3.25.